The summed E-state index contributed by atoms with van der Waals surface area (Å²) in [7, 11) is 1.55. The summed E-state index contributed by atoms with van der Waals surface area (Å²) in [4.78, 5) is 32.8. The predicted octanol–water partition coefficient (Wildman–Crippen LogP) is 6.05. The number of esters is 1. The van der Waals surface area contributed by atoms with E-state index in [4.69, 9.17) is 33.9 Å². The van der Waals surface area contributed by atoms with Gasteiger partial charge in [-0.25, -0.2) is 9.79 Å². The number of hydrogen-bond acceptors (Lipinski definition) is 10. The largest absolute Gasteiger partial charge is 0.493 e. The number of nitrogens with zero attached hydrogens (tertiary/aromatic N) is 3. The summed E-state index contributed by atoms with van der Waals surface area (Å²) in [6, 6.07) is 17.7. The van der Waals surface area contributed by atoms with Crippen LogP contribution in [-0.4, -0.2) is 37.0 Å². The second-order valence-electron chi connectivity index (χ2n) is 11.2. The molecule has 0 fully saturated rings. The van der Waals surface area contributed by atoms with Gasteiger partial charge in [-0.15, -0.1) is 0 Å². The minimum atomic E-state index is -0.809. The molecule has 0 aliphatic carbocycles. The molecule has 2 heterocycles. The maximum Gasteiger partial charge on any atom is 0.338 e. The molecule has 0 unspecified atom stereocenters. The first-order valence-electron chi connectivity index (χ1n) is 15.7. The van der Waals surface area contributed by atoms with E-state index in [1.165, 1.54) is 15.9 Å². The quantitative estimate of drug-likeness (QED) is 0.126. The molecular weight excluding hydrogens is 757 g/mol. The first kappa shape index (κ1) is 35.7. The molecule has 0 bridgehead atoms. The zero-order valence-electron chi connectivity index (χ0n) is 28.0. The van der Waals surface area contributed by atoms with Crippen LogP contribution in [0.1, 0.15) is 62.9 Å². The standard InChI is InChI=1S/C37H36IN3O7S/c1-7-45-30-16-25(15-27(38)34(30)47-20-24-11-9-23(19-39)10-12-24)17-31-35(42)41-33(26-13-14-28(48-21(3)4)29(18-26)44-6)32(36(43)46-8-2)22(5)40-37(41)49-31/h9-18,21,33H,7-8,20H2,1-6H3/b31-17+/t33-/m0/s1. The Bertz CT molecular complexity index is 2130. The number of hydrogen-bond donors (Lipinski definition) is 0. The fourth-order valence-corrected chi connectivity index (χ4v) is 7.20. The van der Waals surface area contributed by atoms with Crippen molar-refractivity contribution in [1.29, 1.82) is 5.26 Å². The number of thiazole rings is 1. The number of halogens is 1. The van der Waals surface area contributed by atoms with Gasteiger partial charge >= 0.3 is 5.97 Å². The second kappa shape index (κ2) is 15.7. The number of aromatic nitrogens is 1. The molecule has 0 radical (unpaired) electrons. The van der Waals surface area contributed by atoms with Crippen LogP contribution >= 0.6 is 33.9 Å². The molecule has 0 saturated heterocycles. The minimum absolute atomic E-state index is 0.0795. The van der Waals surface area contributed by atoms with Crippen LogP contribution in [0.2, 0.25) is 0 Å². The molecular formula is C37H36IN3O7S. The second-order valence-corrected chi connectivity index (χ2v) is 13.4. The third-order valence-electron chi connectivity index (χ3n) is 7.48. The average Bonchev–Trinajstić information content (AvgIpc) is 3.37. The Kier molecular flexibility index (Phi) is 11.5. The van der Waals surface area contributed by atoms with Gasteiger partial charge in [0.2, 0.25) is 0 Å². The van der Waals surface area contributed by atoms with Gasteiger partial charge in [-0.1, -0.05) is 29.5 Å². The lowest BCUT2D eigenvalue weighted by atomic mass is 9.95. The number of benzene rings is 3. The summed E-state index contributed by atoms with van der Waals surface area (Å²) < 4.78 is 31.9. The molecule has 1 aliphatic rings. The highest BCUT2D eigenvalue weighted by atomic mass is 127. The molecule has 1 aromatic heterocycles. The molecule has 1 aliphatic heterocycles. The Morgan fingerprint density at radius 2 is 1.82 bits per heavy atom. The maximum absolute atomic E-state index is 14.2. The highest BCUT2D eigenvalue weighted by molar-refractivity contribution is 14.1. The summed E-state index contributed by atoms with van der Waals surface area (Å²) in [6.07, 6.45) is 1.71. The van der Waals surface area contributed by atoms with Gasteiger partial charge < -0.3 is 23.7 Å². The lowest BCUT2D eigenvalue weighted by molar-refractivity contribution is -0.139. The van der Waals surface area contributed by atoms with Crippen molar-refractivity contribution in [1.82, 2.24) is 4.57 Å². The van der Waals surface area contributed by atoms with E-state index in [0.29, 0.717) is 55.8 Å². The Morgan fingerprint density at radius 3 is 2.47 bits per heavy atom. The molecule has 254 valence electrons. The Hall–Kier alpha value is -4.61. The summed E-state index contributed by atoms with van der Waals surface area (Å²) in [5, 5.41) is 9.09. The van der Waals surface area contributed by atoms with Crippen molar-refractivity contribution in [2.45, 2.75) is 53.4 Å². The number of rotatable bonds is 12. The van der Waals surface area contributed by atoms with Crippen molar-refractivity contribution in [2.24, 2.45) is 4.99 Å². The highest BCUT2D eigenvalue weighted by Gasteiger charge is 2.34. The van der Waals surface area contributed by atoms with Crippen LogP contribution < -0.4 is 33.8 Å². The molecule has 0 spiro atoms. The van der Waals surface area contributed by atoms with E-state index in [1.807, 2.05) is 51.1 Å². The number of nitriles is 1. The third-order valence-corrected chi connectivity index (χ3v) is 9.26. The van der Waals surface area contributed by atoms with Gasteiger partial charge in [0, 0.05) is 0 Å². The van der Waals surface area contributed by atoms with Gasteiger partial charge in [0.05, 0.1) is 63.5 Å². The van der Waals surface area contributed by atoms with Crippen molar-refractivity contribution in [3.63, 3.8) is 0 Å². The third kappa shape index (κ3) is 7.84. The Balaban J connectivity index is 1.59. The molecule has 0 saturated carbocycles. The maximum atomic E-state index is 14.2. The van der Waals surface area contributed by atoms with E-state index in [1.54, 1.807) is 51.3 Å². The molecule has 10 nitrogen and oxygen atoms in total. The van der Waals surface area contributed by atoms with Gasteiger partial charge in [0.25, 0.3) is 5.56 Å². The van der Waals surface area contributed by atoms with Crippen molar-refractivity contribution < 1.29 is 28.5 Å². The predicted molar refractivity (Wildman–Crippen MR) is 195 cm³/mol. The molecule has 4 aromatic rings. The van der Waals surface area contributed by atoms with Gasteiger partial charge in [0.15, 0.2) is 27.8 Å². The van der Waals surface area contributed by atoms with Gasteiger partial charge in [-0.05, 0) is 116 Å². The molecule has 0 amide bonds. The summed E-state index contributed by atoms with van der Waals surface area (Å²) >= 11 is 3.43. The lowest BCUT2D eigenvalue weighted by Gasteiger charge is -2.25. The molecule has 0 N–H and O–H groups in total. The Labute approximate surface area is 302 Å². The molecule has 5 rings (SSSR count). The summed E-state index contributed by atoms with van der Waals surface area (Å²) in [6.45, 7) is 10.1. The van der Waals surface area contributed by atoms with E-state index < -0.39 is 12.0 Å². The fraction of sp³-hybridized carbons (Fsp3) is 0.297. The normalized spacial score (nSPS) is 14.2. The zero-order chi connectivity index (χ0) is 35.2. The number of carbonyl (C=O) groups is 1. The zero-order valence-corrected chi connectivity index (χ0v) is 31.0. The van der Waals surface area contributed by atoms with Crippen LogP contribution in [0.25, 0.3) is 6.08 Å². The summed E-state index contributed by atoms with van der Waals surface area (Å²) in [5.74, 6) is 1.61. The van der Waals surface area contributed by atoms with Crippen LogP contribution in [0.5, 0.6) is 23.0 Å². The van der Waals surface area contributed by atoms with Crippen LogP contribution in [-0.2, 0) is 16.1 Å². The van der Waals surface area contributed by atoms with Crippen molar-refractivity contribution >= 4 is 46.0 Å². The highest BCUT2D eigenvalue weighted by Crippen LogP contribution is 2.37. The van der Waals surface area contributed by atoms with E-state index in [2.05, 4.69) is 28.7 Å². The first-order valence-corrected chi connectivity index (χ1v) is 17.6. The molecule has 49 heavy (non-hydrogen) atoms. The average molecular weight is 794 g/mol. The van der Waals surface area contributed by atoms with Crippen molar-refractivity contribution in [3.8, 4) is 29.1 Å². The monoisotopic (exact) mass is 793 g/mol. The van der Waals surface area contributed by atoms with Crippen molar-refractivity contribution in [2.75, 3.05) is 20.3 Å². The van der Waals surface area contributed by atoms with Crippen LogP contribution in [0.15, 0.2) is 75.7 Å². The number of ether oxygens (including phenoxy) is 5. The summed E-state index contributed by atoms with van der Waals surface area (Å²) in [5.41, 5.74) is 3.31. The topological polar surface area (TPSA) is 121 Å². The van der Waals surface area contributed by atoms with Crippen molar-refractivity contribution in [3.05, 3.63) is 111 Å². The SMILES string of the molecule is CCOC(=O)C1=C(C)N=c2s/c(=C/c3cc(I)c(OCc4ccc(C#N)cc4)c(OCC)c3)c(=O)n2[C@H]1c1ccc(OC(C)C)c(OC)c1. The van der Waals surface area contributed by atoms with Gasteiger partial charge in [0.1, 0.15) is 6.61 Å². The number of fused-ring (bicyclic) bond motifs is 1. The minimum Gasteiger partial charge on any atom is -0.493 e. The van der Waals surface area contributed by atoms with Gasteiger partial charge in [-0.2, -0.15) is 5.26 Å². The fourth-order valence-electron chi connectivity index (χ4n) is 5.37. The number of methoxy groups -OCH3 is 1. The van der Waals surface area contributed by atoms with E-state index in [-0.39, 0.29) is 30.5 Å². The van der Waals surface area contributed by atoms with Gasteiger partial charge in [-0.3, -0.25) is 9.36 Å². The molecule has 3 aromatic carbocycles. The molecule has 1 atom stereocenters. The first-order chi connectivity index (χ1) is 23.6. The number of allylic oxidation sites excluding steroid dienone is 1. The van der Waals surface area contributed by atoms with Crippen LogP contribution in [0, 0.1) is 14.9 Å². The van der Waals surface area contributed by atoms with Crippen LogP contribution in [0.4, 0.5) is 0 Å². The van der Waals surface area contributed by atoms with E-state index >= 15 is 0 Å². The smallest absolute Gasteiger partial charge is 0.338 e. The van der Waals surface area contributed by atoms with E-state index in [0.717, 1.165) is 14.7 Å². The lowest BCUT2D eigenvalue weighted by Crippen LogP contribution is -2.40. The van der Waals surface area contributed by atoms with Crippen LogP contribution in [0.3, 0.4) is 0 Å². The van der Waals surface area contributed by atoms with E-state index in [9.17, 15) is 9.59 Å². The number of carbonyl (C=O) groups excluding carboxylic acids is 1. The Morgan fingerprint density at radius 1 is 1.06 bits per heavy atom. The molecule has 12 heteroatoms.